The summed E-state index contributed by atoms with van der Waals surface area (Å²) in [5.74, 6) is 0.326. The number of anilines is 1. The number of hydrogen-bond acceptors (Lipinski definition) is 4. The molecule has 2 N–H and O–H groups in total. The number of nitrogens with zero attached hydrogens (tertiary/aromatic N) is 2. The van der Waals surface area contributed by atoms with E-state index in [2.05, 4.69) is 20.9 Å². The Bertz CT molecular complexity index is 598. The van der Waals surface area contributed by atoms with Gasteiger partial charge in [-0.25, -0.2) is 13.4 Å². The molecule has 21 heavy (non-hydrogen) atoms. The highest BCUT2D eigenvalue weighted by Crippen LogP contribution is 2.31. The minimum Gasteiger partial charge on any atom is -0.383 e. The van der Waals surface area contributed by atoms with E-state index in [1.807, 2.05) is 13.8 Å². The molecule has 0 saturated heterocycles. The van der Waals surface area contributed by atoms with Gasteiger partial charge in [-0.2, -0.15) is 4.31 Å². The van der Waals surface area contributed by atoms with Gasteiger partial charge in [0, 0.05) is 23.3 Å². The van der Waals surface area contributed by atoms with Crippen molar-refractivity contribution in [1.29, 1.82) is 0 Å². The summed E-state index contributed by atoms with van der Waals surface area (Å²) in [5, 5.41) is 0. The Kier molecular flexibility index (Phi) is 5.27. The zero-order valence-corrected chi connectivity index (χ0v) is 14.8. The topological polar surface area (TPSA) is 76.3 Å². The average Bonchev–Trinajstić information content (AvgIpc) is 2.92. The Balaban J connectivity index is 2.43. The Hall–Kier alpha value is -0.660. The Labute approximate surface area is 135 Å². The van der Waals surface area contributed by atoms with Gasteiger partial charge in [0.05, 0.1) is 0 Å². The van der Waals surface area contributed by atoms with E-state index in [0.29, 0.717) is 11.0 Å². The number of rotatable bonds is 5. The van der Waals surface area contributed by atoms with Gasteiger partial charge < -0.3 is 5.73 Å². The predicted molar refractivity (Wildman–Crippen MR) is 87.3 cm³/mol. The second-order valence-electron chi connectivity index (χ2n) is 5.94. The van der Waals surface area contributed by atoms with Crippen LogP contribution in [-0.4, -0.2) is 30.3 Å². The third kappa shape index (κ3) is 3.76. The molecule has 0 aromatic carbocycles. The van der Waals surface area contributed by atoms with Crippen LogP contribution in [0.2, 0.25) is 0 Å². The molecule has 1 aromatic rings. The van der Waals surface area contributed by atoms with Crippen LogP contribution in [0.1, 0.15) is 39.5 Å². The lowest BCUT2D eigenvalue weighted by Gasteiger charge is -2.29. The van der Waals surface area contributed by atoms with Gasteiger partial charge in [-0.3, -0.25) is 0 Å². The van der Waals surface area contributed by atoms with E-state index in [4.69, 9.17) is 5.73 Å². The maximum Gasteiger partial charge on any atom is 0.247 e. The molecule has 1 fully saturated rings. The summed E-state index contributed by atoms with van der Waals surface area (Å²) < 4.78 is 28.3. The van der Waals surface area contributed by atoms with Gasteiger partial charge in [0.1, 0.15) is 10.7 Å². The van der Waals surface area contributed by atoms with Crippen molar-refractivity contribution < 1.29 is 8.42 Å². The van der Waals surface area contributed by atoms with Crippen LogP contribution in [0.4, 0.5) is 5.82 Å². The molecule has 1 heterocycles. The molecule has 0 aliphatic heterocycles. The molecule has 0 atom stereocenters. The van der Waals surface area contributed by atoms with E-state index in [0.717, 1.165) is 25.7 Å². The smallest absolute Gasteiger partial charge is 0.247 e. The van der Waals surface area contributed by atoms with Crippen molar-refractivity contribution in [2.45, 2.75) is 50.5 Å². The van der Waals surface area contributed by atoms with Gasteiger partial charge >= 0.3 is 0 Å². The third-order valence-electron chi connectivity index (χ3n) is 3.71. The summed E-state index contributed by atoms with van der Waals surface area (Å²) in [6.45, 7) is 4.57. The Morgan fingerprint density at radius 1 is 1.43 bits per heavy atom. The van der Waals surface area contributed by atoms with Crippen molar-refractivity contribution in [2.75, 3.05) is 12.3 Å². The van der Waals surface area contributed by atoms with Gasteiger partial charge in [0.25, 0.3) is 0 Å². The second kappa shape index (κ2) is 6.62. The molecule has 0 spiro atoms. The van der Waals surface area contributed by atoms with Crippen molar-refractivity contribution >= 4 is 31.8 Å². The summed E-state index contributed by atoms with van der Waals surface area (Å²) in [6.07, 6.45) is 5.53. The highest BCUT2D eigenvalue weighted by molar-refractivity contribution is 9.10. The van der Waals surface area contributed by atoms with Gasteiger partial charge in [-0.15, -0.1) is 0 Å². The molecule has 0 unspecified atom stereocenters. The lowest BCUT2D eigenvalue weighted by Crippen LogP contribution is -2.41. The van der Waals surface area contributed by atoms with E-state index in [1.54, 1.807) is 10.4 Å². The maximum absolute atomic E-state index is 13.0. The summed E-state index contributed by atoms with van der Waals surface area (Å²) in [4.78, 5) is 4.06. The molecule has 118 valence electrons. The van der Waals surface area contributed by atoms with E-state index >= 15 is 0 Å². The molecule has 2 rings (SSSR count). The van der Waals surface area contributed by atoms with Gasteiger partial charge in [0.2, 0.25) is 10.0 Å². The monoisotopic (exact) mass is 375 g/mol. The number of nitrogen functional groups attached to an aromatic ring is 1. The SMILES string of the molecule is CC(C)CN(C1CCCC1)S(=O)(=O)c1cc(Br)cnc1N. The number of nitrogens with two attached hydrogens (primary N) is 1. The fraction of sp³-hybridized carbons (Fsp3) is 0.643. The Morgan fingerprint density at radius 2 is 2.05 bits per heavy atom. The first-order valence-corrected chi connectivity index (χ1v) is 9.48. The molecular weight excluding hydrogens is 354 g/mol. The summed E-state index contributed by atoms with van der Waals surface area (Å²) in [7, 11) is -3.62. The highest BCUT2D eigenvalue weighted by Gasteiger charge is 2.35. The zero-order valence-electron chi connectivity index (χ0n) is 12.4. The van der Waals surface area contributed by atoms with Crippen LogP contribution in [0, 0.1) is 5.92 Å². The van der Waals surface area contributed by atoms with Crippen molar-refractivity contribution in [3.05, 3.63) is 16.7 Å². The fourth-order valence-electron chi connectivity index (χ4n) is 2.76. The molecule has 0 radical (unpaired) electrons. The number of pyridine rings is 1. The number of halogens is 1. The predicted octanol–water partition coefficient (Wildman–Crippen LogP) is 3.02. The van der Waals surface area contributed by atoms with Crippen LogP contribution in [0.15, 0.2) is 21.6 Å². The van der Waals surface area contributed by atoms with E-state index in [-0.39, 0.29) is 22.7 Å². The van der Waals surface area contributed by atoms with Crippen LogP contribution >= 0.6 is 15.9 Å². The number of aromatic nitrogens is 1. The van der Waals surface area contributed by atoms with Crippen LogP contribution in [0.25, 0.3) is 0 Å². The van der Waals surface area contributed by atoms with Crippen molar-refractivity contribution in [1.82, 2.24) is 9.29 Å². The lowest BCUT2D eigenvalue weighted by molar-refractivity contribution is 0.292. The molecule has 0 bridgehead atoms. The molecule has 1 aliphatic rings. The molecule has 5 nitrogen and oxygen atoms in total. The molecular formula is C14H22BrN3O2S. The van der Waals surface area contributed by atoms with Crippen LogP contribution < -0.4 is 5.73 Å². The minimum absolute atomic E-state index is 0.0601. The first kappa shape index (κ1) is 16.7. The molecule has 0 amide bonds. The van der Waals surface area contributed by atoms with Crippen molar-refractivity contribution in [3.8, 4) is 0 Å². The van der Waals surface area contributed by atoms with Crippen molar-refractivity contribution in [2.24, 2.45) is 5.92 Å². The standard InChI is InChI=1S/C14H22BrN3O2S/c1-10(2)9-18(12-5-3-4-6-12)21(19,20)13-7-11(15)8-17-14(13)16/h7-8,10,12H,3-6,9H2,1-2H3,(H2,16,17). The number of sulfonamides is 1. The first-order valence-electron chi connectivity index (χ1n) is 7.25. The maximum atomic E-state index is 13.0. The lowest BCUT2D eigenvalue weighted by atomic mass is 10.2. The van der Waals surface area contributed by atoms with E-state index in [1.165, 1.54) is 6.20 Å². The molecule has 7 heteroatoms. The number of hydrogen-bond donors (Lipinski definition) is 1. The van der Waals surface area contributed by atoms with Crippen LogP contribution in [-0.2, 0) is 10.0 Å². The largest absolute Gasteiger partial charge is 0.383 e. The molecule has 1 aromatic heterocycles. The fourth-order valence-corrected chi connectivity index (χ4v) is 5.19. The van der Waals surface area contributed by atoms with Crippen LogP contribution in [0.3, 0.4) is 0 Å². The van der Waals surface area contributed by atoms with E-state index < -0.39 is 10.0 Å². The summed E-state index contributed by atoms with van der Waals surface area (Å²) in [6, 6.07) is 1.62. The average molecular weight is 376 g/mol. The van der Waals surface area contributed by atoms with Crippen molar-refractivity contribution in [3.63, 3.8) is 0 Å². The Morgan fingerprint density at radius 3 is 2.62 bits per heavy atom. The molecule has 1 saturated carbocycles. The normalized spacial score (nSPS) is 17.0. The van der Waals surface area contributed by atoms with Crippen LogP contribution in [0.5, 0.6) is 0 Å². The second-order valence-corrected chi connectivity index (χ2v) is 8.72. The van der Waals surface area contributed by atoms with E-state index in [9.17, 15) is 8.42 Å². The quantitative estimate of drug-likeness (QED) is 0.857. The highest BCUT2D eigenvalue weighted by atomic mass is 79.9. The first-order chi connectivity index (χ1) is 9.82. The minimum atomic E-state index is -3.62. The van der Waals surface area contributed by atoms with Gasteiger partial charge in [0.15, 0.2) is 0 Å². The third-order valence-corrected chi connectivity index (χ3v) is 6.09. The summed E-state index contributed by atoms with van der Waals surface area (Å²) in [5.41, 5.74) is 5.81. The van der Waals surface area contributed by atoms with Gasteiger partial charge in [-0.1, -0.05) is 26.7 Å². The zero-order chi connectivity index (χ0) is 15.6. The summed E-state index contributed by atoms with van der Waals surface area (Å²) >= 11 is 3.27. The van der Waals surface area contributed by atoms with Gasteiger partial charge in [-0.05, 0) is 40.8 Å². The molecule has 1 aliphatic carbocycles.